The zero-order chi connectivity index (χ0) is 18.3. The largest absolute Gasteiger partial charge is 0.351 e. The molecule has 0 radical (unpaired) electrons. The summed E-state index contributed by atoms with van der Waals surface area (Å²) in [5.41, 5.74) is -0.184. The number of hydrogen-bond donors (Lipinski definition) is 3. The van der Waals surface area contributed by atoms with Gasteiger partial charge in [-0.1, -0.05) is 13.8 Å². The van der Waals surface area contributed by atoms with E-state index in [2.05, 4.69) is 16.0 Å². The van der Waals surface area contributed by atoms with Gasteiger partial charge in [-0.05, 0) is 88.1 Å². The smallest absolute Gasteiger partial charge is 0.243 e. The van der Waals surface area contributed by atoms with Crippen LogP contribution in [-0.2, 0) is 9.59 Å². The van der Waals surface area contributed by atoms with E-state index in [9.17, 15) is 9.59 Å². The van der Waals surface area contributed by atoms with Gasteiger partial charge in [0, 0.05) is 11.5 Å². The molecule has 27 heavy (non-hydrogen) atoms. The SMILES string of the molecule is CC(C)C(NC(=O)C12CC3CC(CC(C3)C1)C2)C(=O)NC1CCNCC1.Cl. The summed E-state index contributed by atoms with van der Waals surface area (Å²) in [4.78, 5) is 26.2. The van der Waals surface area contributed by atoms with Crippen LogP contribution in [0.25, 0.3) is 0 Å². The Morgan fingerprint density at radius 3 is 1.96 bits per heavy atom. The molecule has 0 aromatic rings. The fourth-order valence-electron chi connectivity index (χ4n) is 6.48. The molecule has 1 heterocycles. The van der Waals surface area contributed by atoms with Gasteiger partial charge in [0.05, 0.1) is 0 Å². The number of halogens is 1. The number of nitrogens with one attached hydrogen (secondary N) is 3. The van der Waals surface area contributed by atoms with Gasteiger partial charge in [-0.2, -0.15) is 0 Å². The Morgan fingerprint density at radius 1 is 0.963 bits per heavy atom. The van der Waals surface area contributed by atoms with Crippen LogP contribution in [0.2, 0.25) is 0 Å². The minimum absolute atomic E-state index is 0. The summed E-state index contributed by atoms with van der Waals surface area (Å²) >= 11 is 0. The van der Waals surface area contributed by atoms with Crippen molar-refractivity contribution in [1.82, 2.24) is 16.0 Å². The minimum atomic E-state index is -0.412. The molecular weight excluding hydrogens is 362 g/mol. The highest BCUT2D eigenvalue weighted by molar-refractivity contribution is 5.90. The van der Waals surface area contributed by atoms with Crippen LogP contribution in [0.3, 0.4) is 0 Å². The molecule has 4 bridgehead atoms. The fraction of sp³-hybridized carbons (Fsp3) is 0.905. The van der Waals surface area contributed by atoms with Crippen molar-refractivity contribution in [2.45, 2.75) is 77.3 Å². The third-order valence-corrected chi connectivity index (χ3v) is 7.44. The Bertz CT molecular complexity index is 524. The monoisotopic (exact) mass is 397 g/mol. The Balaban J connectivity index is 0.00000210. The van der Waals surface area contributed by atoms with E-state index in [4.69, 9.17) is 0 Å². The third kappa shape index (κ3) is 4.29. The Kier molecular flexibility index (Phi) is 6.41. The second-order valence-electron chi connectivity index (χ2n) is 9.93. The molecule has 5 aliphatic rings. The third-order valence-electron chi connectivity index (χ3n) is 7.44. The highest BCUT2D eigenvalue weighted by Crippen LogP contribution is 2.60. The summed E-state index contributed by atoms with van der Waals surface area (Å²) < 4.78 is 0. The van der Waals surface area contributed by atoms with Gasteiger partial charge in [0.1, 0.15) is 6.04 Å². The van der Waals surface area contributed by atoms with E-state index in [1.165, 1.54) is 19.3 Å². The van der Waals surface area contributed by atoms with E-state index >= 15 is 0 Å². The number of rotatable bonds is 5. The fourth-order valence-corrected chi connectivity index (χ4v) is 6.48. The molecular formula is C21H36ClN3O2. The predicted molar refractivity (Wildman–Crippen MR) is 109 cm³/mol. The second kappa shape index (κ2) is 8.28. The highest BCUT2D eigenvalue weighted by Gasteiger charge is 2.55. The van der Waals surface area contributed by atoms with Crippen LogP contribution in [0.4, 0.5) is 0 Å². The van der Waals surface area contributed by atoms with Gasteiger partial charge in [-0.25, -0.2) is 0 Å². The lowest BCUT2D eigenvalue weighted by atomic mass is 9.49. The zero-order valence-corrected chi connectivity index (χ0v) is 17.6. The van der Waals surface area contributed by atoms with Crippen LogP contribution in [-0.4, -0.2) is 37.0 Å². The number of piperidine rings is 1. The molecule has 5 nitrogen and oxygen atoms in total. The number of carbonyl (C=O) groups excluding carboxylic acids is 2. The Labute approximate surface area is 169 Å². The molecule has 5 rings (SSSR count). The van der Waals surface area contributed by atoms with Gasteiger partial charge in [0.15, 0.2) is 0 Å². The normalized spacial score (nSPS) is 36.2. The number of hydrogen-bond acceptors (Lipinski definition) is 3. The molecule has 0 spiro atoms. The molecule has 1 unspecified atom stereocenters. The van der Waals surface area contributed by atoms with Crippen molar-refractivity contribution >= 4 is 24.2 Å². The molecule has 5 fully saturated rings. The molecule has 6 heteroatoms. The van der Waals surface area contributed by atoms with Crippen molar-refractivity contribution in [2.24, 2.45) is 29.1 Å². The van der Waals surface area contributed by atoms with Gasteiger partial charge in [-0.15, -0.1) is 12.4 Å². The summed E-state index contributed by atoms with van der Waals surface area (Å²) in [5, 5.41) is 9.71. The first-order valence-electron chi connectivity index (χ1n) is 10.8. The summed E-state index contributed by atoms with van der Waals surface area (Å²) in [5.74, 6) is 2.50. The van der Waals surface area contributed by atoms with Crippen LogP contribution in [0.1, 0.15) is 65.2 Å². The van der Waals surface area contributed by atoms with Crippen LogP contribution in [0.15, 0.2) is 0 Å². The summed E-state index contributed by atoms with van der Waals surface area (Å²) in [6.45, 7) is 5.98. The first-order valence-corrected chi connectivity index (χ1v) is 10.8. The lowest BCUT2D eigenvalue weighted by molar-refractivity contribution is -0.149. The first kappa shape index (κ1) is 20.9. The van der Waals surface area contributed by atoms with Crippen molar-refractivity contribution in [3.05, 3.63) is 0 Å². The quantitative estimate of drug-likeness (QED) is 0.667. The van der Waals surface area contributed by atoms with Crippen LogP contribution < -0.4 is 16.0 Å². The van der Waals surface area contributed by atoms with Gasteiger partial charge >= 0.3 is 0 Å². The van der Waals surface area contributed by atoms with Crippen molar-refractivity contribution < 1.29 is 9.59 Å². The summed E-state index contributed by atoms with van der Waals surface area (Å²) in [6, 6.07) is -0.174. The maximum Gasteiger partial charge on any atom is 0.243 e. The second-order valence-corrected chi connectivity index (χ2v) is 9.93. The highest BCUT2D eigenvalue weighted by atomic mass is 35.5. The molecule has 2 amide bonds. The first-order chi connectivity index (χ1) is 12.4. The van der Waals surface area contributed by atoms with Crippen LogP contribution in [0, 0.1) is 29.1 Å². The van der Waals surface area contributed by atoms with E-state index in [1.54, 1.807) is 0 Å². The maximum atomic E-state index is 13.3. The molecule has 1 saturated heterocycles. The van der Waals surface area contributed by atoms with E-state index in [-0.39, 0.29) is 41.6 Å². The topological polar surface area (TPSA) is 70.2 Å². The van der Waals surface area contributed by atoms with Gasteiger partial charge in [0.2, 0.25) is 11.8 Å². The maximum absolute atomic E-state index is 13.3. The van der Waals surface area contributed by atoms with Crippen molar-refractivity contribution in [3.8, 4) is 0 Å². The van der Waals surface area contributed by atoms with E-state index < -0.39 is 6.04 Å². The average molecular weight is 398 g/mol. The Hall–Kier alpha value is -0.810. The molecule has 1 atom stereocenters. The van der Waals surface area contributed by atoms with Gasteiger partial charge < -0.3 is 16.0 Å². The predicted octanol–water partition coefficient (Wildman–Crippen LogP) is 2.63. The molecule has 4 aliphatic carbocycles. The van der Waals surface area contributed by atoms with Gasteiger partial charge in [-0.3, -0.25) is 9.59 Å². The van der Waals surface area contributed by atoms with E-state index in [1.807, 2.05) is 13.8 Å². The van der Waals surface area contributed by atoms with Crippen LogP contribution >= 0.6 is 12.4 Å². The lowest BCUT2D eigenvalue weighted by Gasteiger charge is -2.55. The molecule has 4 saturated carbocycles. The van der Waals surface area contributed by atoms with E-state index in [0.717, 1.165) is 62.9 Å². The molecule has 1 aliphatic heterocycles. The number of amides is 2. The molecule has 0 aromatic heterocycles. The van der Waals surface area contributed by atoms with E-state index in [0.29, 0.717) is 0 Å². The molecule has 3 N–H and O–H groups in total. The van der Waals surface area contributed by atoms with Crippen molar-refractivity contribution in [2.75, 3.05) is 13.1 Å². The minimum Gasteiger partial charge on any atom is -0.351 e. The zero-order valence-electron chi connectivity index (χ0n) is 16.8. The summed E-state index contributed by atoms with van der Waals surface area (Å²) in [7, 11) is 0. The molecule has 0 aromatic carbocycles. The standard InChI is InChI=1S/C21H35N3O2.ClH/c1-13(2)18(19(25)23-17-3-5-22-6-4-17)24-20(26)21-10-14-7-15(11-21)9-16(8-14)12-21;/h13-18,22H,3-12H2,1-2H3,(H,23,25)(H,24,26);1H. The van der Waals surface area contributed by atoms with Gasteiger partial charge in [0.25, 0.3) is 0 Å². The van der Waals surface area contributed by atoms with Crippen LogP contribution in [0.5, 0.6) is 0 Å². The van der Waals surface area contributed by atoms with Crippen molar-refractivity contribution in [3.63, 3.8) is 0 Å². The lowest BCUT2D eigenvalue weighted by Crippen LogP contribution is -2.59. The number of carbonyl (C=O) groups is 2. The average Bonchev–Trinajstić information content (AvgIpc) is 2.58. The summed E-state index contributed by atoms with van der Waals surface area (Å²) in [6.07, 6.45) is 9.07. The Morgan fingerprint density at radius 2 is 1.48 bits per heavy atom. The van der Waals surface area contributed by atoms with Crippen molar-refractivity contribution in [1.29, 1.82) is 0 Å². The molecule has 154 valence electrons.